The van der Waals surface area contributed by atoms with Crippen LogP contribution in [0.4, 0.5) is 0 Å². The molecule has 2 aliphatic rings. The summed E-state index contributed by atoms with van der Waals surface area (Å²) in [6.45, 7) is 3.86. The Bertz CT molecular complexity index is 1120. The molecule has 2 saturated heterocycles. The van der Waals surface area contributed by atoms with Crippen molar-refractivity contribution in [3.63, 3.8) is 0 Å². The predicted octanol–water partition coefficient (Wildman–Crippen LogP) is 4.01. The van der Waals surface area contributed by atoms with Crippen LogP contribution >= 0.6 is 23.2 Å². The summed E-state index contributed by atoms with van der Waals surface area (Å²) in [6.07, 6.45) is 1.58. The van der Waals surface area contributed by atoms with Crippen LogP contribution in [0.1, 0.15) is 19.3 Å². The molecule has 0 N–H and O–H groups in total. The number of carbonyl (C=O) groups is 1. The Morgan fingerprint density at radius 3 is 2.17 bits per heavy atom. The van der Waals surface area contributed by atoms with Gasteiger partial charge in [-0.05, 0) is 68.4 Å². The zero-order valence-electron chi connectivity index (χ0n) is 19.8. The lowest BCUT2D eigenvalue weighted by atomic mass is 9.78. The van der Waals surface area contributed by atoms with Gasteiger partial charge in [-0.25, -0.2) is 8.42 Å². The molecular formula is C25H31Cl2N3O4S. The van der Waals surface area contributed by atoms with Gasteiger partial charge in [0.2, 0.25) is 15.9 Å². The van der Waals surface area contributed by atoms with E-state index in [1.54, 1.807) is 36.4 Å². The van der Waals surface area contributed by atoms with Gasteiger partial charge in [-0.15, -0.1) is 0 Å². The van der Waals surface area contributed by atoms with Crippen molar-refractivity contribution < 1.29 is 17.9 Å². The largest absolute Gasteiger partial charge is 0.493 e. The van der Waals surface area contributed by atoms with Crippen LogP contribution in [0.3, 0.4) is 0 Å². The number of benzene rings is 2. The second kappa shape index (κ2) is 11.0. The minimum atomic E-state index is -3.74. The number of piperidine rings is 1. The summed E-state index contributed by atoms with van der Waals surface area (Å²) < 4.78 is 34.5. The highest BCUT2D eigenvalue weighted by molar-refractivity contribution is 7.89. The molecular weight excluding hydrogens is 509 g/mol. The molecule has 1 atom stereocenters. The Morgan fingerprint density at radius 2 is 1.54 bits per heavy atom. The molecule has 0 aromatic heterocycles. The van der Waals surface area contributed by atoms with E-state index in [-0.39, 0.29) is 30.4 Å². The van der Waals surface area contributed by atoms with E-state index in [1.165, 1.54) is 16.4 Å². The molecule has 2 heterocycles. The van der Waals surface area contributed by atoms with Crippen molar-refractivity contribution in [3.8, 4) is 5.75 Å². The lowest BCUT2D eigenvalue weighted by Crippen LogP contribution is -2.53. The highest BCUT2D eigenvalue weighted by Crippen LogP contribution is 2.37. The maximum absolute atomic E-state index is 13.4. The van der Waals surface area contributed by atoms with Crippen molar-refractivity contribution in [1.82, 2.24) is 14.1 Å². The van der Waals surface area contributed by atoms with E-state index < -0.39 is 15.4 Å². The zero-order chi connectivity index (χ0) is 25.1. The summed E-state index contributed by atoms with van der Waals surface area (Å²) >= 11 is 12.0. The lowest BCUT2D eigenvalue weighted by Gasteiger charge is -2.43. The Kier molecular flexibility index (Phi) is 8.28. The summed E-state index contributed by atoms with van der Waals surface area (Å²) in [5.41, 5.74) is -0.641. The summed E-state index contributed by atoms with van der Waals surface area (Å²) in [5.74, 6) is 0.682. The van der Waals surface area contributed by atoms with Crippen LogP contribution in [0, 0.1) is 5.41 Å². The van der Waals surface area contributed by atoms with Crippen LogP contribution in [0.2, 0.25) is 10.0 Å². The van der Waals surface area contributed by atoms with E-state index in [0.29, 0.717) is 48.3 Å². The van der Waals surface area contributed by atoms with Gasteiger partial charge in [0.15, 0.2) is 0 Å². The van der Waals surface area contributed by atoms with Crippen LogP contribution in [0.15, 0.2) is 53.4 Å². The van der Waals surface area contributed by atoms with Crippen molar-refractivity contribution in [2.75, 3.05) is 52.9 Å². The first-order valence-electron chi connectivity index (χ1n) is 11.8. The second-order valence-corrected chi connectivity index (χ2v) is 12.3. The SMILES string of the molecule is CN1CCN(C(=O)C[C@@]2(COc3ccc(Cl)cc3)CCCN(S(=O)(=O)c3ccc(Cl)cc3)C2)CC1. The molecule has 0 bridgehead atoms. The van der Waals surface area contributed by atoms with E-state index in [9.17, 15) is 13.2 Å². The fourth-order valence-corrected chi connectivity index (χ4v) is 6.54. The number of halogens is 2. The first-order chi connectivity index (χ1) is 16.7. The molecule has 2 fully saturated rings. The maximum atomic E-state index is 13.4. The molecule has 10 heteroatoms. The quantitative estimate of drug-likeness (QED) is 0.531. The highest BCUT2D eigenvalue weighted by atomic mass is 35.5. The van der Waals surface area contributed by atoms with Crippen LogP contribution in [0.25, 0.3) is 0 Å². The van der Waals surface area contributed by atoms with Gasteiger partial charge in [0, 0.05) is 61.1 Å². The van der Waals surface area contributed by atoms with E-state index in [4.69, 9.17) is 27.9 Å². The van der Waals surface area contributed by atoms with Gasteiger partial charge in [-0.3, -0.25) is 4.79 Å². The molecule has 7 nitrogen and oxygen atoms in total. The standard InChI is InChI=1S/C25H31Cl2N3O4S/c1-28-13-15-29(16-14-28)24(31)17-25(19-34-22-7-3-20(26)4-8-22)11-2-12-30(18-25)35(32,33)23-9-5-21(27)6-10-23/h3-10H,2,11-19H2,1H3/t25-/m0/s1. The normalized spacial score (nSPS) is 22.2. The van der Waals surface area contributed by atoms with Crippen LogP contribution in [-0.2, 0) is 14.8 Å². The summed E-state index contributed by atoms with van der Waals surface area (Å²) in [7, 11) is -1.69. The van der Waals surface area contributed by atoms with Crippen molar-refractivity contribution in [3.05, 3.63) is 58.6 Å². The molecule has 2 aliphatic heterocycles. The van der Waals surface area contributed by atoms with Gasteiger partial charge in [-0.2, -0.15) is 4.31 Å². The average Bonchev–Trinajstić information content (AvgIpc) is 2.84. The fourth-order valence-electron chi connectivity index (χ4n) is 4.69. The summed E-state index contributed by atoms with van der Waals surface area (Å²) in [6, 6.07) is 13.3. The Morgan fingerprint density at radius 1 is 0.943 bits per heavy atom. The fraction of sp³-hybridized carbons (Fsp3) is 0.480. The lowest BCUT2D eigenvalue weighted by molar-refractivity contribution is -0.136. The third kappa shape index (κ3) is 6.49. The van der Waals surface area contributed by atoms with Crippen LogP contribution < -0.4 is 4.74 Å². The van der Waals surface area contributed by atoms with Crippen molar-refractivity contribution in [1.29, 1.82) is 0 Å². The minimum Gasteiger partial charge on any atom is -0.493 e. The van der Waals surface area contributed by atoms with Crippen molar-refractivity contribution in [2.24, 2.45) is 5.41 Å². The number of piperazine rings is 1. The number of hydrogen-bond acceptors (Lipinski definition) is 5. The number of nitrogens with zero attached hydrogens (tertiary/aromatic N) is 3. The molecule has 0 aliphatic carbocycles. The number of hydrogen-bond donors (Lipinski definition) is 0. The molecule has 0 saturated carbocycles. The van der Waals surface area contributed by atoms with Gasteiger partial charge in [0.1, 0.15) is 5.75 Å². The molecule has 4 rings (SSSR count). The van der Waals surface area contributed by atoms with E-state index >= 15 is 0 Å². The molecule has 1 amide bonds. The van der Waals surface area contributed by atoms with E-state index in [1.807, 2.05) is 11.9 Å². The van der Waals surface area contributed by atoms with E-state index in [0.717, 1.165) is 13.1 Å². The topological polar surface area (TPSA) is 70.2 Å². The number of likely N-dealkylation sites (N-methyl/N-ethyl adjacent to an activating group) is 1. The Labute approximate surface area is 217 Å². The number of carbonyl (C=O) groups excluding carboxylic acids is 1. The minimum absolute atomic E-state index is 0.0450. The third-order valence-electron chi connectivity index (χ3n) is 6.82. The smallest absolute Gasteiger partial charge is 0.243 e. The van der Waals surface area contributed by atoms with Gasteiger partial charge >= 0.3 is 0 Å². The molecule has 0 spiro atoms. The number of ether oxygens (including phenoxy) is 1. The van der Waals surface area contributed by atoms with Gasteiger partial charge in [0.25, 0.3) is 0 Å². The second-order valence-electron chi connectivity index (χ2n) is 9.50. The van der Waals surface area contributed by atoms with Gasteiger partial charge in [0.05, 0.1) is 11.5 Å². The molecule has 190 valence electrons. The van der Waals surface area contributed by atoms with Crippen LogP contribution in [0.5, 0.6) is 5.75 Å². The molecule has 2 aromatic rings. The molecule has 0 radical (unpaired) electrons. The maximum Gasteiger partial charge on any atom is 0.243 e. The molecule has 2 aromatic carbocycles. The van der Waals surface area contributed by atoms with Crippen molar-refractivity contribution in [2.45, 2.75) is 24.2 Å². The average molecular weight is 541 g/mol. The Balaban J connectivity index is 1.56. The first-order valence-corrected chi connectivity index (χ1v) is 14.0. The predicted molar refractivity (Wildman–Crippen MR) is 138 cm³/mol. The zero-order valence-corrected chi connectivity index (χ0v) is 22.2. The number of sulfonamides is 1. The van der Waals surface area contributed by atoms with Crippen molar-refractivity contribution >= 4 is 39.1 Å². The number of rotatable bonds is 7. The monoisotopic (exact) mass is 539 g/mol. The first kappa shape index (κ1) is 26.2. The molecule has 0 unspecified atom stereocenters. The van der Waals surface area contributed by atoms with Gasteiger partial charge in [-0.1, -0.05) is 23.2 Å². The summed E-state index contributed by atoms with van der Waals surface area (Å²) in [4.78, 5) is 17.6. The third-order valence-corrected chi connectivity index (χ3v) is 9.18. The van der Waals surface area contributed by atoms with Gasteiger partial charge < -0.3 is 14.5 Å². The van der Waals surface area contributed by atoms with E-state index in [2.05, 4.69) is 4.90 Å². The van der Waals surface area contributed by atoms with Crippen LogP contribution in [-0.4, -0.2) is 81.4 Å². The summed E-state index contributed by atoms with van der Waals surface area (Å²) in [5, 5.41) is 1.08. The number of amides is 1. The molecule has 35 heavy (non-hydrogen) atoms. The Hall–Kier alpha value is -1.84. The highest BCUT2D eigenvalue weighted by Gasteiger charge is 2.43.